The van der Waals surface area contributed by atoms with E-state index >= 15 is 0 Å². The average molecular weight is 472 g/mol. The van der Waals surface area contributed by atoms with Crippen LogP contribution >= 0.6 is 23.2 Å². The first-order valence-electron chi connectivity index (χ1n) is 9.41. The third-order valence-electron chi connectivity index (χ3n) is 4.87. The van der Waals surface area contributed by atoms with Gasteiger partial charge in [0.2, 0.25) is 15.9 Å². The van der Waals surface area contributed by atoms with Crippen LogP contribution in [-0.2, 0) is 14.8 Å². The van der Waals surface area contributed by atoms with Crippen molar-refractivity contribution in [2.45, 2.75) is 11.3 Å². The largest absolute Gasteiger partial charge is 0.495 e. The summed E-state index contributed by atoms with van der Waals surface area (Å²) in [6.07, 6.45) is 0.277. The summed E-state index contributed by atoms with van der Waals surface area (Å²) >= 11 is 11.8. The Morgan fingerprint density at radius 2 is 1.67 bits per heavy atom. The topological polar surface area (TPSA) is 79.0 Å². The highest BCUT2D eigenvalue weighted by atomic mass is 35.5. The second-order valence-corrected chi connectivity index (χ2v) is 9.65. The van der Waals surface area contributed by atoms with Crippen LogP contribution in [0.5, 0.6) is 5.75 Å². The number of carbonyl (C=O) groups excluding carboxylic acids is 1. The Balaban J connectivity index is 1.50. The number of benzene rings is 2. The Kier molecular flexibility index (Phi) is 7.60. The van der Waals surface area contributed by atoms with Crippen LogP contribution in [0.2, 0.25) is 10.0 Å². The molecule has 2 aromatic carbocycles. The van der Waals surface area contributed by atoms with E-state index in [1.165, 1.54) is 23.5 Å². The van der Waals surface area contributed by atoms with E-state index in [1.54, 1.807) is 30.3 Å². The maximum absolute atomic E-state index is 12.7. The third kappa shape index (κ3) is 5.65. The van der Waals surface area contributed by atoms with Crippen molar-refractivity contribution in [2.24, 2.45) is 0 Å². The van der Waals surface area contributed by atoms with Crippen molar-refractivity contribution in [3.05, 3.63) is 52.5 Å². The summed E-state index contributed by atoms with van der Waals surface area (Å²) in [5.41, 5.74) is 0.522. The van der Waals surface area contributed by atoms with Gasteiger partial charge < -0.3 is 15.0 Å². The van der Waals surface area contributed by atoms with Crippen molar-refractivity contribution >= 4 is 44.8 Å². The number of methoxy groups -OCH3 is 1. The van der Waals surface area contributed by atoms with Crippen molar-refractivity contribution in [3.8, 4) is 5.75 Å². The van der Waals surface area contributed by atoms with Crippen molar-refractivity contribution < 1.29 is 17.9 Å². The van der Waals surface area contributed by atoms with Gasteiger partial charge >= 0.3 is 0 Å². The summed E-state index contributed by atoms with van der Waals surface area (Å²) < 4.78 is 32.2. The summed E-state index contributed by atoms with van der Waals surface area (Å²) in [4.78, 5) is 14.6. The highest BCUT2D eigenvalue weighted by molar-refractivity contribution is 7.89. The van der Waals surface area contributed by atoms with Gasteiger partial charge in [-0.15, -0.1) is 0 Å². The van der Waals surface area contributed by atoms with Crippen LogP contribution in [0, 0.1) is 0 Å². The van der Waals surface area contributed by atoms with Crippen LogP contribution in [-0.4, -0.2) is 63.4 Å². The molecule has 0 aromatic heterocycles. The second kappa shape index (κ2) is 9.98. The van der Waals surface area contributed by atoms with E-state index in [1.807, 2.05) is 0 Å². The summed E-state index contributed by atoms with van der Waals surface area (Å²) in [6.45, 7) is 2.38. The summed E-state index contributed by atoms with van der Waals surface area (Å²) in [5, 5.41) is 3.81. The molecule has 1 aliphatic rings. The first kappa shape index (κ1) is 22.8. The first-order valence-corrected chi connectivity index (χ1v) is 11.6. The summed E-state index contributed by atoms with van der Waals surface area (Å²) in [5.74, 6) is 0.376. The smallest absolute Gasteiger partial charge is 0.243 e. The maximum atomic E-state index is 12.7. The zero-order valence-corrected chi connectivity index (χ0v) is 18.8. The molecule has 0 unspecified atom stereocenters. The minimum Gasteiger partial charge on any atom is -0.495 e. The van der Waals surface area contributed by atoms with E-state index in [0.717, 1.165) is 0 Å². The molecule has 1 heterocycles. The molecule has 1 N–H and O–H groups in total. The molecule has 1 amide bonds. The Morgan fingerprint density at radius 3 is 2.30 bits per heavy atom. The quantitative estimate of drug-likeness (QED) is 0.669. The van der Waals surface area contributed by atoms with E-state index in [2.05, 4.69) is 10.2 Å². The molecule has 0 atom stereocenters. The van der Waals surface area contributed by atoms with Gasteiger partial charge in [0, 0.05) is 49.2 Å². The Labute approximate surface area is 186 Å². The lowest BCUT2D eigenvalue weighted by atomic mass is 10.2. The molecular formula is C20H23Cl2N3O4S. The van der Waals surface area contributed by atoms with Crippen LogP contribution in [0.15, 0.2) is 47.4 Å². The van der Waals surface area contributed by atoms with Gasteiger partial charge in [-0.3, -0.25) is 4.79 Å². The monoisotopic (exact) mass is 471 g/mol. The van der Waals surface area contributed by atoms with Crippen LogP contribution in [0.4, 0.5) is 5.69 Å². The van der Waals surface area contributed by atoms with Crippen molar-refractivity contribution in [3.63, 3.8) is 0 Å². The lowest BCUT2D eigenvalue weighted by molar-refractivity contribution is -0.116. The lowest BCUT2D eigenvalue weighted by Gasteiger charge is -2.33. The van der Waals surface area contributed by atoms with E-state index < -0.39 is 10.0 Å². The van der Waals surface area contributed by atoms with Gasteiger partial charge in [-0.2, -0.15) is 4.31 Å². The molecule has 7 nitrogen and oxygen atoms in total. The van der Waals surface area contributed by atoms with Crippen LogP contribution in [0.25, 0.3) is 0 Å². The van der Waals surface area contributed by atoms with Gasteiger partial charge in [-0.05, 0) is 42.5 Å². The molecule has 3 rings (SSSR count). The van der Waals surface area contributed by atoms with E-state index in [-0.39, 0.29) is 17.2 Å². The van der Waals surface area contributed by atoms with E-state index in [4.69, 9.17) is 27.9 Å². The number of piperazine rings is 1. The number of nitrogens with one attached hydrogen (secondary N) is 1. The Morgan fingerprint density at radius 1 is 1.03 bits per heavy atom. The fourth-order valence-electron chi connectivity index (χ4n) is 3.20. The number of amides is 1. The number of hydrogen-bond donors (Lipinski definition) is 1. The van der Waals surface area contributed by atoms with Crippen LogP contribution < -0.4 is 10.1 Å². The van der Waals surface area contributed by atoms with E-state index in [0.29, 0.717) is 54.2 Å². The number of ether oxygens (including phenoxy) is 1. The number of nitrogens with zero attached hydrogens (tertiary/aromatic N) is 2. The van der Waals surface area contributed by atoms with E-state index in [9.17, 15) is 13.2 Å². The SMILES string of the molecule is COc1ccc(Cl)cc1NC(=O)CCN1CCN(S(=O)(=O)c2ccc(Cl)cc2)CC1. The predicted octanol–water partition coefficient (Wildman–Crippen LogP) is 3.34. The minimum atomic E-state index is -3.54. The van der Waals surface area contributed by atoms with Crippen molar-refractivity contribution in [1.82, 2.24) is 9.21 Å². The van der Waals surface area contributed by atoms with Crippen LogP contribution in [0.3, 0.4) is 0 Å². The molecule has 0 aliphatic carbocycles. The molecule has 0 bridgehead atoms. The Hall–Kier alpha value is -1.84. The number of anilines is 1. The van der Waals surface area contributed by atoms with Crippen molar-refractivity contribution in [1.29, 1.82) is 0 Å². The number of sulfonamides is 1. The van der Waals surface area contributed by atoms with Crippen LogP contribution in [0.1, 0.15) is 6.42 Å². The molecule has 2 aromatic rings. The highest BCUT2D eigenvalue weighted by Crippen LogP contribution is 2.27. The third-order valence-corrected chi connectivity index (χ3v) is 7.27. The molecule has 0 saturated carbocycles. The zero-order chi connectivity index (χ0) is 21.7. The number of hydrogen-bond acceptors (Lipinski definition) is 5. The molecule has 0 spiro atoms. The van der Waals surface area contributed by atoms with Gasteiger partial charge in [-0.1, -0.05) is 23.2 Å². The average Bonchev–Trinajstić information content (AvgIpc) is 2.73. The molecular weight excluding hydrogens is 449 g/mol. The van der Waals surface area contributed by atoms with Gasteiger partial charge in [0.25, 0.3) is 0 Å². The molecule has 1 saturated heterocycles. The Bertz CT molecular complexity index is 992. The molecule has 30 heavy (non-hydrogen) atoms. The van der Waals surface area contributed by atoms with Gasteiger partial charge in [0.05, 0.1) is 17.7 Å². The minimum absolute atomic E-state index is 0.160. The maximum Gasteiger partial charge on any atom is 0.243 e. The second-order valence-electron chi connectivity index (χ2n) is 6.84. The fourth-order valence-corrected chi connectivity index (χ4v) is 4.92. The number of halogens is 2. The number of carbonyl (C=O) groups is 1. The molecule has 1 aliphatic heterocycles. The summed E-state index contributed by atoms with van der Waals surface area (Å²) in [7, 11) is -2.02. The fraction of sp³-hybridized carbons (Fsp3) is 0.350. The van der Waals surface area contributed by atoms with Crippen molar-refractivity contribution in [2.75, 3.05) is 45.2 Å². The van der Waals surface area contributed by atoms with Gasteiger partial charge in [-0.25, -0.2) is 8.42 Å². The predicted molar refractivity (Wildman–Crippen MR) is 118 cm³/mol. The molecule has 162 valence electrons. The number of rotatable bonds is 7. The standard InChI is InChI=1S/C20H23Cl2N3O4S/c1-29-19-7-4-16(22)14-18(19)23-20(26)8-9-24-10-12-25(13-11-24)30(27,28)17-5-2-15(21)3-6-17/h2-7,14H,8-13H2,1H3,(H,23,26). The lowest BCUT2D eigenvalue weighted by Crippen LogP contribution is -2.49. The first-order chi connectivity index (χ1) is 14.3. The summed E-state index contributed by atoms with van der Waals surface area (Å²) in [6, 6.07) is 11.2. The molecule has 10 heteroatoms. The molecule has 0 radical (unpaired) electrons. The van der Waals surface area contributed by atoms with Gasteiger partial charge in [0.15, 0.2) is 0 Å². The molecule has 1 fully saturated rings. The highest BCUT2D eigenvalue weighted by Gasteiger charge is 2.28. The normalized spacial score (nSPS) is 15.7. The van der Waals surface area contributed by atoms with Gasteiger partial charge in [0.1, 0.15) is 5.75 Å². The zero-order valence-electron chi connectivity index (χ0n) is 16.5.